The number of rotatable bonds is 1. The van der Waals surface area contributed by atoms with Crippen LogP contribution in [-0.4, -0.2) is 23.4 Å². The quantitative estimate of drug-likeness (QED) is 0.700. The molecule has 1 saturated heterocycles. The van der Waals surface area contributed by atoms with Crippen molar-refractivity contribution < 1.29 is 4.74 Å². The first-order valence-corrected chi connectivity index (χ1v) is 4.43. The van der Waals surface area contributed by atoms with Gasteiger partial charge >= 0.3 is 0 Å². The lowest BCUT2D eigenvalue weighted by molar-refractivity contribution is 0.0845. The molecule has 0 aliphatic carbocycles. The minimum atomic E-state index is 0.474. The average molecular weight is 177 g/mol. The van der Waals surface area contributed by atoms with Gasteiger partial charge in [0, 0.05) is 24.8 Å². The highest BCUT2D eigenvalue weighted by Gasteiger charge is 2.17. The topological polar surface area (TPSA) is 61.7 Å². The number of H-pyrrole nitrogens is 1. The maximum Gasteiger partial charge on any atom is 0.162 e. The van der Waals surface area contributed by atoms with Gasteiger partial charge in [0.1, 0.15) is 6.07 Å². The van der Waals surface area contributed by atoms with Crippen molar-refractivity contribution in [1.29, 1.82) is 5.26 Å². The SMILES string of the molecule is N#Cc1cc(C2CCOCC2)[nH]n1. The number of nitriles is 1. The zero-order chi connectivity index (χ0) is 9.10. The van der Waals surface area contributed by atoms with E-state index in [2.05, 4.69) is 10.2 Å². The molecular formula is C9H11N3O. The van der Waals surface area contributed by atoms with Crippen LogP contribution in [0, 0.1) is 11.3 Å². The Kier molecular flexibility index (Phi) is 2.28. The van der Waals surface area contributed by atoms with E-state index in [1.165, 1.54) is 0 Å². The van der Waals surface area contributed by atoms with E-state index in [1.807, 2.05) is 12.1 Å². The van der Waals surface area contributed by atoms with Crippen LogP contribution in [0.4, 0.5) is 0 Å². The minimum Gasteiger partial charge on any atom is -0.381 e. The van der Waals surface area contributed by atoms with Crippen LogP contribution < -0.4 is 0 Å². The highest BCUT2D eigenvalue weighted by molar-refractivity contribution is 5.23. The fourth-order valence-corrected chi connectivity index (χ4v) is 1.61. The first kappa shape index (κ1) is 8.27. The van der Waals surface area contributed by atoms with Crippen LogP contribution in [0.3, 0.4) is 0 Å². The van der Waals surface area contributed by atoms with Crippen molar-refractivity contribution in [2.75, 3.05) is 13.2 Å². The van der Waals surface area contributed by atoms with E-state index < -0.39 is 0 Å². The molecule has 0 unspecified atom stereocenters. The van der Waals surface area contributed by atoms with Crippen LogP contribution in [-0.2, 0) is 4.74 Å². The molecule has 68 valence electrons. The number of nitrogens with zero attached hydrogens (tertiary/aromatic N) is 2. The largest absolute Gasteiger partial charge is 0.381 e. The fourth-order valence-electron chi connectivity index (χ4n) is 1.61. The van der Waals surface area contributed by atoms with Gasteiger partial charge in [0.15, 0.2) is 5.69 Å². The van der Waals surface area contributed by atoms with Crippen molar-refractivity contribution in [3.05, 3.63) is 17.5 Å². The Bertz CT molecular complexity index is 320. The first-order valence-electron chi connectivity index (χ1n) is 4.43. The third-order valence-electron chi connectivity index (χ3n) is 2.37. The first-order chi connectivity index (χ1) is 6.40. The van der Waals surface area contributed by atoms with E-state index in [0.29, 0.717) is 11.6 Å². The lowest BCUT2D eigenvalue weighted by Crippen LogP contribution is -2.14. The van der Waals surface area contributed by atoms with Gasteiger partial charge < -0.3 is 4.74 Å². The van der Waals surface area contributed by atoms with Crippen LogP contribution in [0.1, 0.15) is 30.1 Å². The molecule has 0 bridgehead atoms. The summed E-state index contributed by atoms with van der Waals surface area (Å²) in [6.07, 6.45) is 2.04. The molecule has 0 saturated carbocycles. The molecule has 4 heteroatoms. The molecule has 0 atom stereocenters. The molecule has 0 radical (unpaired) electrons. The summed E-state index contributed by atoms with van der Waals surface area (Å²) in [7, 11) is 0. The normalized spacial score (nSPS) is 18.4. The maximum absolute atomic E-state index is 8.59. The van der Waals surface area contributed by atoms with Gasteiger partial charge in [0.05, 0.1) is 0 Å². The van der Waals surface area contributed by atoms with Crippen LogP contribution in [0.15, 0.2) is 6.07 Å². The van der Waals surface area contributed by atoms with Crippen molar-refractivity contribution >= 4 is 0 Å². The van der Waals surface area contributed by atoms with Crippen LogP contribution in [0.2, 0.25) is 0 Å². The Morgan fingerprint density at radius 3 is 2.92 bits per heavy atom. The van der Waals surface area contributed by atoms with E-state index in [9.17, 15) is 0 Å². The summed E-state index contributed by atoms with van der Waals surface area (Å²) < 4.78 is 5.26. The summed E-state index contributed by atoms with van der Waals surface area (Å²) in [5.41, 5.74) is 1.54. The van der Waals surface area contributed by atoms with Crippen molar-refractivity contribution in [3.63, 3.8) is 0 Å². The van der Waals surface area contributed by atoms with Crippen molar-refractivity contribution in [1.82, 2.24) is 10.2 Å². The Morgan fingerprint density at radius 1 is 1.54 bits per heavy atom. The summed E-state index contributed by atoms with van der Waals surface area (Å²) >= 11 is 0. The summed E-state index contributed by atoms with van der Waals surface area (Å²) in [6, 6.07) is 3.84. The summed E-state index contributed by atoms with van der Waals surface area (Å²) in [5.74, 6) is 0.489. The molecule has 1 aromatic heterocycles. The van der Waals surface area contributed by atoms with Crippen molar-refractivity contribution in [3.8, 4) is 6.07 Å². The van der Waals surface area contributed by atoms with Gasteiger partial charge in [-0.15, -0.1) is 0 Å². The van der Waals surface area contributed by atoms with Gasteiger partial charge in [-0.2, -0.15) is 10.4 Å². The standard InChI is InChI=1S/C9H11N3O/c10-6-8-5-9(12-11-8)7-1-3-13-4-2-7/h5,7H,1-4H2,(H,11,12). The molecule has 4 nitrogen and oxygen atoms in total. The van der Waals surface area contributed by atoms with E-state index in [0.717, 1.165) is 31.7 Å². The number of ether oxygens (including phenoxy) is 1. The molecule has 1 aromatic rings. The second-order valence-electron chi connectivity index (χ2n) is 3.21. The van der Waals surface area contributed by atoms with Gasteiger partial charge in [-0.1, -0.05) is 0 Å². The number of aromatic amines is 1. The van der Waals surface area contributed by atoms with Gasteiger partial charge in [-0.25, -0.2) is 0 Å². The van der Waals surface area contributed by atoms with E-state index in [4.69, 9.17) is 10.00 Å². The minimum absolute atomic E-state index is 0.474. The number of hydrogen-bond donors (Lipinski definition) is 1. The number of nitrogens with one attached hydrogen (secondary N) is 1. The molecule has 1 fully saturated rings. The van der Waals surface area contributed by atoms with Gasteiger partial charge in [0.25, 0.3) is 0 Å². The molecule has 1 N–H and O–H groups in total. The molecular weight excluding hydrogens is 166 g/mol. The Balaban J connectivity index is 2.11. The van der Waals surface area contributed by atoms with E-state index in [1.54, 1.807) is 0 Å². The average Bonchev–Trinajstić information content (AvgIpc) is 2.67. The van der Waals surface area contributed by atoms with Crippen molar-refractivity contribution in [2.45, 2.75) is 18.8 Å². The van der Waals surface area contributed by atoms with Gasteiger partial charge in [-0.3, -0.25) is 5.10 Å². The highest BCUT2D eigenvalue weighted by Crippen LogP contribution is 2.25. The highest BCUT2D eigenvalue weighted by atomic mass is 16.5. The summed E-state index contributed by atoms with van der Waals surface area (Å²) in [6.45, 7) is 1.62. The van der Waals surface area contributed by atoms with Gasteiger partial charge in [-0.05, 0) is 18.9 Å². The third kappa shape index (κ3) is 1.70. The van der Waals surface area contributed by atoms with E-state index in [-0.39, 0.29) is 0 Å². The van der Waals surface area contributed by atoms with Crippen molar-refractivity contribution in [2.24, 2.45) is 0 Å². The molecule has 0 spiro atoms. The predicted molar refractivity (Wildman–Crippen MR) is 46.1 cm³/mol. The van der Waals surface area contributed by atoms with E-state index >= 15 is 0 Å². The smallest absolute Gasteiger partial charge is 0.162 e. The van der Waals surface area contributed by atoms with Crippen LogP contribution >= 0.6 is 0 Å². The van der Waals surface area contributed by atoms with Crippen LogP contribution in [0.25, 0.3) is 0 Å². The van der Waals surface area contributed by atoms with Crippen LogP contribution in [0.5, 0.6) is 0 Å². The Hall–Kier alpha value is -1.34. The molecule has 2 rings (SSSR count). The monoisotopic (exact) mass is 177 g/mol. The maximum atomic E-state index is 8.59. The Labute approximate surface area is 76.5 Å². The lowest BCUT2D eigenvalue weighted by Gasteiger charge is -2.20. The molecule has 0 amide bonds. The fraction of sp³-hybridized carbons (Fsp3) is 0.556. The Morgan fingerprint density at radius 2 is 2.31 bits per heavy atom. The summed E-state index contributed by atoms with van der Waals surface area (Å²) in [5, 5.41) is 15.4. The molecule has 1 aliphatic heterocycles. The third-order valence-corrected chi connectivity index (χ3v) is 2.37. The second kappa shape index (κ2) is 3.58. The predicted octanol–water partition coefficient (Wildman–Crippen LogP) is 1.18. The zero-order valence-corrected chi connectivity index (χ0v) is 7.29. The summed E-state index contributed by atoms with van der Waals surface area (Å²) in [4.78, 5) is 0. The lowest BCUT2D eigenvalue weighted by atomic mass is 9.97. The number of hydrogen-bond acceptors (Lipinski definition) is 3. The molecule has 0 aromatic carbocycles. The molecule has 13 heavy (non-hydrogen) atoms. The zero-order valence-electron chi connectivity index (χ0n) is 7.29. The van der Waals surface area contributed by atoms with Gasteiger partial charge in [0.2, 0.25) is 0 Å². The molecule has 1 aliphatic rings. The molecule has 2 heterocycles. The number of aromatic nitrogens is 2. The second-order valence-corrected chi connectivity index (χ2v) is 3.21.